The second-order valence-corrected chi connectivity index (χ2v) is 11.1. The number of carboxylic acids is 1. The van der Waals surface area contributed by atoms with Gasteiger partial charge in [0.15, 0.2) is 0 Å². The van der Waals surface area contributed by atoms with Crippen molar-refractivity contribution in [3.8, 4) is 0 Å². The fourth-order valence-corrected chi connectivity index (χ4v) is 6.14. The van der Waals surface area contributed by atoms with Gasteiger partial charge in [-0.1, -0.05) is 54.8 Å². The Labute approximate surface area is 224 Å². The van der Waals surface area contributed by atoms with Gasteiger partial charge >= 0.3 is 12.0 Å². The van der Waals surface area contributed by atoms with Crippen molar-refractivity contribution in [3.63, 3.8) is 0 Å². The minimum atomic E-state index is -0.830. The maximum atomic E-state index is 13.0. The molecule has 0 radical (unpaired) electrons. The number of amides is 2. The summed E-state index contributed by atoms with van der Waals surface area (Å²) in [5, 5.41) is 18.7. The number of aliphatic carboxylic acids is 1. The molecule has 1 unspecified atom stereocenters. The number of nitrogens with zero attached hydrogens (tertiary/aromatic N) is 5. The third kappa shape index (κ3) is 5.69. The monoisotopic (exact) mass is 517 g/mol. The highest BCUT2D eigenvalue weighted by Crippen LogP contribution is 2.34. The molecule has 0 aliphatic carbocycles. The topological polar surface area (TPSA) is 91.6 Å². The molecule has 8 bridgehead atoms. The van der Waals surface area contributed by atoms with Gasteiger partial charge in [0.25, 0.3) is 0 Å². The lowest BCUT2D eigenvalue weighted by Crippen LogP contribution is -2.45. The lowest BCUT2D eigenvalue weighted by molar-refractivity contribution is -0.137. The molecule has 0 spiro atoms. The van der Waals surface area contributed by atoms with Crippen molar-refractivity contribution in [3.05, 3.63) is 58.7 Å². The van der Waals surface area contributed by atoms with Crippen molar-refractivity contribution >= 4 is 23.0 Å². The second kappa shape index (κ2) is 11.5. The van der Waals surface area contributed by atoms with Crippen LogP contribution in [0, 0.1) is 12.8 Å². The van der Waals surface area contributed by atoms with Crippen LogP contribution in [0.5, 0.6) is 0 Å². The largest absolute Gasteiger partial charge is 0.481 e. The first kappa shape index (κ1) is 26.2. The summed E-state index contributed by atoms with van der Waals surface area (Å²) >= 11 is 0. The van der Waals surface area contributed by atoms with E-state index in [9.17, 15) is 14.7 Å². The molecule has 1 fully saturated rings. The number of urea groups is 1. The number of hydrogen-bond acceptors (Lipinski definition) is 4. The molecule has 6 aliphatic heterocycles. The predicted octanol–water partition coefficient (Wildman–Crippen LogP) is 5.23. The zero-order valence-electron chi connectivity index (χ0n) is 22.6. The Hall–Kier alpha value is -3.42. The van der Waals surface area contributed by atoms with Crippen molar-refractivity contribution in [1.29, 1.82) is 0 Å². The number of aromatic nitrogens is 3. The fourth-order valence-electron chi connectivity index (χ4n) is 6.14. The zero-order valence-corrected chi connectivity index (χ0v) is 22.6. The van der Waals surface area contributed by atoms with Crippen molar-refractivity contribution in [1.82, 2.24) is 24.8 Å². The summed E-state index contributed by atoms with van der Waals surface area (Å²) < 4.78 is 1.99. The molecular formula is C30H39N5O3. The minimum Gasteiger partial charge on any atom is -0.481 e. The number of rotatable bonds is 2. The maximum absolute atomic E-state index is 13.0. The third-order valence-corrected chi connectivity index (χ3v) is 8.55. The van der Waals surface area contributed by atoms with Gasteiger partial charge in [0.1, 0.15) is 5.52 Å². The molecule has 2 aromatic carbocycles. The summed E-state index contributed by atoms with van der Waals surface area (Å²) in [4.78, 5) is 28.7. The third-order valence-electron chi connectivity index (χ3n) is 8.55. The summed E-state index contributed by atoms with van der Waals surface area (Å²) in [7, 11) is 1.89. The molecule has 1 atom stereocenters. The molecule has 1 N–H and O–H groups in total. The Morgan fingerprint density at radius 3 is 2.47 bits per heavy atom. The highest BCUT2D eigenvalue weighted by molar-refractivity contribution is 5.80. The molecule has 8 heteroatoms. The molecule has 1 saturated heterocycles. The van der Waals surface area contributed by atoms with E-state index in [1.807, 2.05) is 40.6 Å². The zero-order chi connectivity index (χ0) is 26.6. The van der Waals surface area contributed by atoms with Gasteiger partial charge in [0.2, 0.25) is 0 Å². The average molecular weight is 518 g/mol. The van der Waals surface area contributed by atoms with E-state index in [1.54, 1.807) is 0 Å². The van der Waals surface area contributed by atoms with Crippen LogP contribution in [0.1, 0.15) is 73.1 Å². The second-order valence-electron chi connectivity index (χ2n) is 11.1. The predicted molar refractivity (Wildman–Crippen MR) is 147 cm³/mol. The quantitative estimate of drug-likeness (QED) is 0.503. The SMILES string of the molecule is Cc1c2ccc3c1nnn3CCCCCC1CCN(CC1)C(=O)N(C)CCc1ccc(cc1)C2CC(=O)O. The number of piperidine rings is 1. The van der Waals surface area contributed by atoms with Crippen LogP contribution in [0.15, 0.2) is 36.4 Å². The van der Waals surface area contributed by atoms with Crippen molar-refractivity contribution in [2.45, 2.75) is 70.8 Å². The van der Waals surface area contributed by atoms with Crippen LogP contribution in [-0.2, 0) is 17.8 Å². The van der Waals surface area contributed by atoms with Crippen LogP contribution in [0.3, 0.4) is 0 Å². The van der Waals surface area contributed by atoms with Gasteiger partial charge in [-0.25, -0.2) is 9.48 Å². The van der Waals surface area contributed by atoms with E-state index in [4.69, 9.17) is 0 Å². The van der Waals surface area contributed by atoms with Gasteiger partial charge in [0.05, 0.1) is 11.9 Å². The summed E-state index contributed by atoms with van der Waals surface area (Å²) in [5.74, 6) is -0.398. The summed E-state index contributed by atoms with van der Waals surface area (Å²) in [5.41, 5.74) is 5.94. The Morgan fingerprint density at radius 1 is 0.974 bits per heavy atom. The summed E-state index contributed by atoms with van der Waals surface area (Å²) in [6.07, 6.45) is 7.57. The smallest absolute Gasteiger partial charge is 0.319 e. The Morgan fingerprint density at radius 2 is 1.74 bits per heavy atom. The lowest BCUT2D eigenvalue weighted by Gasteiger charge is -2.34. The van der Waals surface area contributed by atoms with Gasteiger partial charge in [-0.15, -0.1) is 5.10 Å². The van der Waals surface area contributed by atoms with E-state index in [0.29, 0.717) is 12.5 Å². The number of carbonyl (C=O) groups excluding carboxylic acids is 1. The highest BCUT2D eigenvalue weighted by atomic mass is 16.4. The molecule has 6 aliphatic rings. The molecule has 2 amide bonds. The molecule has 9 rings (SSSR count). The minimum absolute atomic E-state index is 0.00784. The lowest BCUT2D eigenvalue weighted by atomic mass is 9.85. The summed E-state index contributed by atoms with van der Waals surface area (Å²) in [6.45, 7) is 5.20. The standard InChI is InChI=1S/C30H39N5O3/c1-21-25-11-12-27-29(21)31-32-35(27)16-5-3-4-6-22-14-18-34(19-15-22)30(38)33(2)17-13-23-7-9-24(10-8-23)26(25)20-28(36)37/h7-12,22,26H,3-6,13-20H2,1-2H3,(H,36,37). The van der Waals surface area contributed by atoms with E-state index in [2.05, 4.69) is 34.6 Å². The first-order valence-corrected chi connectivity index (χ1v) is 14.0. The molecule has 8 nitrogen and oxygen atoms in total. The number of fused-ring (bicyclic) bond motifs is 1. The maximum Gasteiger partial charge on any atom is 0.319 e. The van der Waals surface area contributed by atoms with Crippen molar-refractivity contribution in [2.24, 2.45) is 5.92 Å². The van der Waals surface area contributed by atoms with E-state index >= 15 is 0 Å². The number of carbonyl (C=O) groups is 2. The van der Waals surface area contributed by atoms with E-state index in [1.165, 1.54) is 12.8 Å². The van der Waals surface area contributed by atoms with E-state index in [0.717, 1.165) is 85.0 Å². The van der Waals surface area contributed by atoms with E-state index < -0.39 is 5.97 Å². The van der Waals surface area contributed by atoms with Crippen LogP contribution in [0.4, 0.5) is 4.79 Å². The first-order chi connectivity index (χ1) is 18.4. The molecule has 38 heavy (non-hydrogen) atoms. The Kier molecular flexibility index (Phi) is 7.95. The molecular weight excluding hydrogens is 478 g/mol. The van der Waals surface area contributed by atoms with E-state index in [-0.39, 0.29) is 18.4 Å². The van der Waals surface area contributed by atoms with Gasteiger partial charge in [-0.3, -0.25) is 4.79 Å². The van der Waals surface area contributed by atoms with Crippen molar-refractivity contribution < 1.29 is 14.7 Å². The summed E-state index contributed by atoms with van der Waals surface area (Å²) in [6, 6.07) is 12.4. The molecule has 3 aromatic rings. The van der Waals surface area contributed by atoms with Crippen LogP contribution >= 0.6 is 0 Å². The van der Waals surface area contributed by atoms with Gasteiger partial charge < -0.3 is 14.9 Å². The number of benzene rings is 2. The average Bonchev–Trinajstić information content (AvgIpc) is 3.34. The van der Waals surface area contributed by atoms with Crippen LogP contribution in [0.2, 0.25) is 0 Å². The van der Waals surface area contributed by atoms with Crippen LogP contribution < -0.4 is 0 Å². The van der Waals surface area contributed by atoms with Gasteiger partial charge in [0, 0.05) is 39.1 Å². The Bertz CT molecular complexity index is 1280. The Balaban J connectivity index is 1.44. The molecule has 7 heterocycles. The number of likely N-dealkylation sites (N-methyl/N-ethyl adjacent to an activating group) is 1. The molecule has 1 aromatic heterocycles. The molecule has 0 saturated carbocycles. The number of hydrogen-bond donors (Lipinski definition) is 1. The van der Waals surface area contributed by atoms with Gasteiger partial charge in [-0.05, 0) is 66.8 Å². The normalized spacial score (nSPS) is 21.6. The number of carboxylic acid groups (broad SMARTS) is 1. The number of aryl methyl sites for hydroxylation is 2. The molecule has 202 valence electrons. The van der Waals surface area contributed by atoms with Crippen LogP contribution in [0.25, 0.3) is 11.0 Å². The highest BCUT2D eigenvalue weighted by Gasteiger charge is 2.25. The van der Waals surface area contributed by atoms with Crippen LogP contribution in [-0.4, -0.2) is 68.6 Å². The fraction of sp³-hybridized carbons (Fsp3) is 0.533. The first-order valence-electron chi connectivity index (χ1n) is 14.0. The van der Waals surface area contributed by atoms with Gasteiger partial charge in [-0.2, -0.15) is 0 Å². The van der Waals surface area contributed by atoms with Crippen molar-refractivity contribution in [2.75, 3.05) is 26.7 Å².